The first-order chi connectivity index (χ1) is 9.24. The van der Waals surface area contributed by atoms with Gasteiger partial charge in [0.15, 0.2) is 0 Å². The Kier molecular flexibility index (Phi) is 3.23. The Bertz CT molecular complexity index is 711. The van der Waals surface area contributed by atoms with Crippen molar-refractivity contribution in [2.24, 2.45) is 0 Å². The molecule has 0 fully saturated rings. The molecule has 2 aromatic carbocycles. The van der Waals surface area contributed by atoms with Gasteiger partial charge in [0.05, 0.1) is 22.4 Å². The summed E-state index contributed by atoms with van der Waals surface area (Å²) in [7, 11) is 0. The number of phenols is 1. The molecular weight excluding hydrogens is 282 g/mol. The van der Waals surface area contributed by atoms with Gasteiger partial charge in [-0.15, -0.1) is 0 Å². The van der Waals surface area contributed by atoms with Crippen molar-refractivity contribution in [3.8, 4) is 5.75 Å². The molecule has 3 rings (SSSR count). The van der Waals surface area contributed by atoms with Crippen LogP contribution < -0.4 is 5.32 Å². The number of anilines is 1. The average molecular weight is 292 g/mol. The van der Waals surface area contributed by atoms with Gasteiger partial charge in [0.2, 0.25) is 0 Å². The predicted molar refractivity (Wildman–Crippen MR) is 77.9 cm³/mol. The van der Waals surface area contributed by atoms with Gasteiger partial charge in [0.1, 0.15) is 16.8 Å². The van der Waals surface area contributed by atoms with E-state index in [0.29, 0.717) is 11.6 Å². The molecule has 1 heterocycles. The molecule has 0 aliphatic rings. The van der Waals surface area contributed by atoms with Crippen LogP contribution in [-0.4, -0.2) is 13.9 Å². The second kappa shape index (κ2) is 5.03. The molecule has 0 bridgehead atoms. The molecule has 0 amide bonds. The first-order valence-corrected chi connectivity index (χ1v) is 6.77. The third-order valence-corrected chi connectivity index (χ3v) is 3.64. The summed E-state index contributed by atoms with van der Waals surface area (Å²) in [4.78, 5) is 0. The fraction of sp³-hybridized carbons (Fsp3) is 0.0769. The van der Waals surface area contributed by atoms with Crippen molar-refractivity contribution in [2.45, 2.75) is 6.54 Å². The zero-order chi connectivity index (χ0) is 13.2. The second-order valence-electron chi connectivity index (χ2n) is 4.07. The molecule has 0 saturated heterocycles. The summed E-state index contributed by atoms with van der Waals surface area (Å²) in [6.07, 6.45) is 0. The second-order valence-corrected chi connectivity index (χ2v) is 5.01. The first kappa shape index (κ1) is 12.2. The minimum Gasteiger partial charge on any atom is -0.508 e. The average Bonchev–Trinajstić information content (AvgIpc) is 2.88. The number of nitrogens with zero attached hydrogens (tertiary/aromatic N) is 2. The number of phenolic OH excluding ortho intramolecular Hbond substituents is 1. The van der Waals surface area contributed by atoms with E-state index in [2.05, 4.69) is 14.1 Å². The molecule has 0 atom stereocenters. The Labute approximate surface area is 119 Å². The van der Waals surface area contributed by atoms with Crippen molar-refractivity contribution < 1.29 is 5.11 Å². The van der Waals surface area contributed by atoms with Gasteiger partial charge in [-0.2, -0.15) is 8.75 Å². The van der Waals surface area contributed by atoms with Crippen LogP contribution in [0.2, 0.25) is 5.02 Å². The first-order valence-electron chi connectivity index (χ1n) is 5.66. The highest BCUT2D eigenvalue weighted by molar-refractivity contribution is 7.00. The highest BCUT2D eigenvalue weighted by Gasteiger charge is 2.09. The molecule has 0 spiro atoms. The number of aromatic nitrogens is 2. The lowest BCUT2D eigenvalue weighted by atomic mass is 10.2. The summed E-state index contributed by atoms with van der Waals surface area (Å²) in [5.74, 6) is 0.257. The Morgan fingerprint density at radius 2 is 1.89 bits per heavy atom. The zero-order valence-corrected chi connectivity index (χ0v) is 11.4. The van der Waals surface area contributed by atoms with Crippen molar-refractivity contribution in [1.82, 2.24) is 8.75 Å². The van der Waals surface area contributed by atoms with Gasteiger partial charge in [0.25, 0.3) is 0 Å². The van der Waals surface area contributed by atoms with Crippen LogP contribution in [0.4, 0.5) is 5.69 Å². The smallest absolute Gasteiger partial charge is 0.129 e. The monoisotopic (exact) mass is 291 g/mol. The van der Waals surface area contributed by atoms with Crippen LogP contribution in [0, 0.1) is 0 Å². The molecule has 0 unspecified atom stereocenters. The van der Waals surface area contributed by atoms with E-state index >= 15 is 0 Å². The summed E-state index contributed by atoms with van der Waals surface area (Å²) in [5, 5.41) is 13.1. The maximum atomic E-state index is 9.24. The number of aromatic hydroxyl groups is 1. The van der Waals surface area contributed by atoms with Crippen LogP contribution in [0.25, 0.3) is 11.0 Å². The SMILES string of the molecule is Oc1ccc(CNc2c(Cl)ccc3nsnc23)cc1. The van der Waals surface area contributed by atoms with Crippen LogP contribution in [0.15, 0.2) is 36.4 Å². The Morgan fingerprint density at radius 3 is 2.68 bits per heavy atom. The van der Waals surface area contributed by atoms with Crippen LogP contribution >= 0.6 is 23.3 Å². The number of hydrogen-bond acceptors (Lipinski definition) is 5. The number of halogens is 1. The Morgan fingerprint density at radius 1 is 1.11 bits per heavy atom. The quantitative estimate of drug-likeness (QED) is 0.773. The summed E-state index contributed by atoms with van der Waals surface area (Å²) < 4.78 is 8.44. The summed E-state index contributed by atoms with van der Waals surface area (Å²) in [6, 6.07) is 10.7. The minimum atomic E-state index is 0.257. The van der Waals surface area contributed by atoms with Crippen molar-refractivity contribution in [2.75, 3.05) is 5.32 Å². The lowest BCUT2D eigenvalue weighted by molar-refractivity contribution is 0.475. The van der Waals surface area contributed by atoms with Gasteiger partial charge < -0.3 is 10.4 Å². The number of fused-ring (bicyclic) bond motifs is 1. The van der Waals surface area contributed by atoms with E-state index in [9.17, 15) is 5.11 Å². The standard InChI is InChI=1S/C13H10ClN3OS/c14-10-5-6-11-13(17-19-16-11)12(10)15-7-8-1-3-9(18)4-2-8/h1-6,15,18H,7H2. The predicted octanol–water partition coefficient (Wildman–Crippen LogP) is 3.66. The van der Waals surface area contributed by atoms with Gasteiger partial charge >= 0.3 is 0 Å². The lowest BCUT2D eigenvalue weighted by Gasteiger charge is -2.09. The van der Waals surface area contributed by atoms with Gasteiger partial charge in [0, 0.05) is 6.54 Å². The minimum absolute atomic E-state index is 0.257. The molecule has 0 radical (unpaired) electrons. The van der Waals surface area contributed by atoms with E-state index in [1.54, 1.807) is 12.1 Å². The maximum absolute atomic E-state index is 9.24. The molecule has 0 saturated carbocycles. The van der Waals surface area contributed by atoms with Crippen molar-refractivity contribution in [3.05, 3.63) is 47.0 Å². The van der Waals surface area contributed by atoms with E-state index in [1.165, 1.54) is 11.7 Å². The third kappa shape index (κ3) is 2.47. The van der Waals surface area contributed by atoms with E-state index < -0.39 is 0 Å². The highest BCUT2D eigenvalue weighted by atomic mass is 35.5. The molecule has 96 valence electrons. The van der Waals surface area contributed by atoms with E-state index in [4.69, 9.17) is 11.6 Å². The molecule has 4 nitrogen and oxygen atoms in total. The third-order valence-electron chi connectivity index (χ3n) is 2.78. The summed E-state index contributed by atoms with van der Waals surface area (Å²) in [5.41, 5.74) is 3.47. The number of nitrogens with one attached hydrogen (secondary N) is 1. The summed E-state index contributed by atoms with van der Waals surface area (Å²) >= 11 is 7.35. The topological polar surface area (TPSA) is 58.0 Å². The zero-order valence-electron chi connectivity index (χ0n) is 9.80. The largest absolute Gasteiger partial charge is 0.508 e. The van der Waals surface area contributed by atoms with E-state index in [1.807, 2.05) is 24.3 Å². The van der Waals surface area contributed by atoms with Crippen LogP contribution in [0.1, 0.15) is 5.56 Å². The molecule has 0 aliphatic carbocycles. The fourth-order valence-corrected chi connectivity index (χ4v) is 2.56. The van der Waals surface area contributed by atoms with E-state index in [0.717, 1.165) is 22.3 Å². The van der Waals surface area contributed by atoms with Crippen LogP contribution in [-0.2, 0) is 6.54 Å². The molecular formula is C13H10ClN3OS. The number of rotatable bonds is 3. The molecule has 2 N–H and O–H groups in total. The molecule has 0 aliphatic heterocycles. The van der Waals surface area contributed by atoms with Crippen LogP contribution in [0.5, 0.6) is 5.75 Å². The Balaban J connectivity index is 1.87. The summed E-state index contributed by atoms with van der Waals surface area (Å²) in [6.45, 7) is 0.608. The van der Waals surface area contributed by atoms with Crippen molar-refractivity contribution in [3.63, 3.8) is 0 Å². The molecule has 1 aromatic heterocycles. The van der Waals surface area contributed by atoms with Crippen molar-refractivity contribution in [1.29, 1.82) is 0 Å². The van der Waals surface area contributed by atoms with Gasteiger partial charge in [-0.3, -0.25) is 0 Å². The van der Waals surface area contributed by atoms with Gasteiger partial charge in [-0.05, 0) is 29.8 Å². The number of benzene rings is 2. The van der Waals surface area contributed by atoms with E-state index in [-0.39, 0.29) is 5.75 Å². The normalized spacial score (nSPS) is 10.8. The molecule has 19 heavy (non-hydrogen) atoms. The number of hydrogen-bond donors (Lipinski definition) is 2. The maximum Gasteiger partial charge on any atom is 0.129 e. The fourth-order valence-electron chi connectivity index (χ4n) is 1.80. The molecule has 6 heteroatoms. The highest BCUT2D eigenvalue weighted by Crippen LogP contribution is 2.30. The lowest BCUT2D eigenvalue weighted by Crippen LogP contribution is -2.00. The Hall–Kier alpha value is -1.85. The molecule has 3 aromatic rings. The van der Waals surface area contributed by atoms with Crippen LogP contribution in [0.3, 0.4) is 0 Å². The van der Waals surface area contributed by atoms with Gasteiger partial charge in [-0.1, -0.05) is 23.7 Å². The van der Waals surface area contributed by atoms with Crippen molar-refractivity contribution >= 4 is 40.0 Å². The van der Waals surface area contributed by atoms with Gasteiger partial charge in [-0.25, -0.2) is 0 Å².